The number of hydrazine groups is 1. The molecule has 0 spiro atoms. The molecule has 0 atom stereocenters. The number of anilines is 2. The van der Waals surface area contributed by atoms with Gasteiger partial charge in [-0.3, -0.25) is 0 Å². The van der Waals surface area contributed by atoms with Crippen LogP contribution in [-0.2, 0) is 11.2 Å². The molecular weight excluding hydrogens is 206 g/mol. The fraction of sp³-hybridized carbons (Fsp3) is 0.600. The van der Waals surface area contributed by atoms with Crippen molar-refractivity contribution < 1.29 is 4.74 Å². The smallest absolute Gasteiger partial charge is 0.225 e. The summed E-state index contributed by atoms with van der Waals surface area (Å²) >= 11 is 0. The van der Waals surface area contributed by atoms with Gasteiger partial charge >= 0.3 is 0 Å². The van der Waals surface area contributed by atoms with Crippen LogP contribution in [-0.4, -0.2) is 30.2 Å². The van der Waals surface area contributed by atoms with Crippen molar-refractivity contribution in [1.82, 2.24) is 9.97 Å². The maximum Gasteiger partial charge on any atom is 0.225 e. The number of nitrogens with one attached hydrogen (secondary N) is 2. The molecule has 0 unspecified atom stereocenters. The van der Waals surface area contributed by atoms with Gasteiger partial charge in [-0.15, -0.1) is 0 Å². The van der Waals surface area contributed by atoms with Gasteiger partial charge in [0, 0.05) is 19.2 Å². The summed E-state index contributed by atoms with van der Waals surface area (Å²) in [6, 6.07) is 0. The zero-order chi connectivity index (χ0) is 12.0. The van der Waals surface area contributed by atoms with Crippen LogP contribution in [0.5, 0.6) is 0 Å². The van der Waals surface area contributed by atoms with Gasteiger partial charge in [-0.05, 0) is 13.3 Å². The van der Waals surface area contributed by atoms with Gasteiger partial charge in [0.05, 0.1) is 12.3 Å². The third kappa shape index (κ3) is 3.04. The van der Waals surface area contributed by atoms with Crippen LogP contribution < -0.4 is 16.6 Å². The van der Waals surface area contributed by atoms with Crippen molar-refractivity contribution in [3.05, 3.63) is 11.3 Å². The summed E-state index contributed by atoms with van der Waals surface area (Å²) in [6.45, 7) is 5.29. The highest BCUT2D eigenvalue weighted by atomic mass is 16.5. The van der Waals surface area contributed by atoms with E-state index in [4.69, 9.17) is 10.6 Å². The maximum absolute atomic E-state index is 5.41. The predicted octanol–water partition coefficient (Wildman–Crippen LogP) is 0.691. The van der Waals surface area contributed by atoms with Crippen molar-refractivity contribution in [2.45, 2.75) is 20.3 Å². The second kappa shape index (κ2) is 6.24. The van der Waals surface area contributed by atoms with E-state index in [-0.39, 0.29) is 0 Å². The van der Waals surface area contributed by atoms with Crippen LogP contribution in [0.2, 0.25) is 0 Å². The van der Waals surface area contributed by atoms with Crippen molar-refractivity contribution >= 4 is 11.8 Å². The van der Waals surface area contributed by atoms with Crippen LogP contribution in [0.25, 0.3) is 0 Å². The normalized spacial score (nSPS) is 10.2. The Morgan fingerprint density at radius 2 is 2.12 bits per heavy atom. The third-order valence-electron chi connectivity index (χ3n) is 2.31. The largest absolute Gasteiger partial charge is 0.383 e. The Bertz CT molecular complexity index is 317. The molecule has 0 saturated heterocycles. The van der Waals surface area contributed by atoms with Gasteiger partial charge in [0.15, 0.2) is 0 Å². The van der Waals surface area contributed by atoms with E-state index < -0.39 is 0 Å². The first-order chi connectivity index (χ1) is 7.72. The topological polar surface area (TPSA) is 85.1 Å². The second-order valence-electron chi connectivity index (χ2n) is 3.38. The van der Waals surface area contributed by atoms with Crippen LogP contribution in [0.15, 0.2) is 0 Å². The second-order valence-corrected chi connectivity index (χ2v) is 3.38. The van der Waals surface area contributed by atoms with Crippen LogP contribution in [0.3, 0.4) is 0 Å². The molecule has 0 aliphatic carbocycles. The lowest BCUT2D eigenvalue weighted by Crippen LogP contribution is -2.16. The number of nitrogen functional groups attached to an aromatic ring is 1. The Morgan fingerprint density at radius 1 is 1.38 bits per heavy atom. The summed E-state index contributed by atoms with van der Waals surface area (Å²) in [5.41, 5.74) is 4.56. The molecule has 1 aromatic heterocycles. The lowest BCUT2D eigenvalue weighted by Gasteiger charge is -2.11. The average Bonchev–Trinajstić information content (AvgIpc) is 2.31. The van der Waals surface area contributed by atoms with E-state index in [0.717, 1.165) is 17.7 Å². The molecule has 0 saturated carbocycles. The van der Waals surface area contributed by atoms with Crippen LogP contribution in [0.4, 0.5) is 11.8 Å². The lowest BCUT2D eigenvalue weighted by atomic mass is 10.2. The highest BCUT2D eigenvalue weighted by Crippen LogP contribution is 2.16. The Labute approximate surface area is 95.6 Å². The number of ether oxygens (including phenoxy) is 1. The zero-order valence-electron chi connectivity index (χ0n) is 10.0. The number of aromatic nitrogens is 2. The van der Waals surface area contributed by atoms with E-state index in [1.807, 2.05) is 6.92 Å². The Balaban J connectivity index is 2.84. The van der Waals surface area contributed by atoms with Gasteiger partial charge in [-0.2, -0.15) is 4.98 Å². The molecule has 4 N–H and O–H groups in total. The molecule has 0 aliphatic heterocycles. The number of hydrogen-bond donors (Lipinski definition) is 3. The number of nitrogens with zero attached hydrogens (tertiary/aromatic N) is 2. The molecule has 0 fully saturated rings. The van der Waals surface area contributed by atoms with Crippen LogP contribution in [0, 0.1) is 6.92 Å². The molecular formula is C10H19N5O. The summed E-state index contributed by atoms with van der Waals surface area (Å²) in [5.74, 6) is 6.64. The van der Waals surface area contributed by atoms with E-state index in [1.54, 1.807) is 7.11 Å². The average molecular weight is 225 g/mol. The van der Waals surface area contributed by atoms with E-state index >= 15 is 0 Å². The number of methoxy groups -OCH3 is 1. The highest BCUT2D eigenvalue weighted by molar-refractivity contribution is 5.49. The van der Waals surface area contributed by atoms with Gasteiger partial charge in [0.25, 0.3) is 0 Å². The molecule has 0 radical (unpaired) electrons. The summed E-state index contributed by atoms with van der Waals surface area (Å²) in [7, 11) is 1.65. The van der Waals surface area contributed by atoms with Crippen molar-refractivity contribution in [3.8, 4) is 0 Å². The maximum atomic E-state index is 5.41. The summed E-state index contributed by atoms with van der Waals surface area (Å²) < 4.78 is 4.94. The van der Waals surface area contributed by atoms with Crippen molar-refractivity contribution in [2.24, 2.45) is 5.84 Å². The minimum absolute atomic E-state index is 0.576. The first-order valence-corrected chi connectivity index (χ1v) is 5.29. The summed E-state index contributed by atoms with van der Waals surface area (Å²) in [4.78, 5) is 8.66. The molecule has 16 heavy (non-hydrogen) atoms. The first kappa shape index (κ1) is 12.7. The van der Waals surface area contributed by atoms with Crippen LogP contribution >= 0.6 is 0 Å². The molecule has 6 nitrogen and oxygen atoms in total. The molecule has 6 heteroatoms. The van der Waals surface area contributed by atoms with Gasteiger partial charge in [0.1, 0.15) is 5.82 Å². The van der Waals surface area contributed by atoms with E-state index in [0.29, 0.717) is 24.9 Å². The Morgan fingerprint density at radius 3 is 2.69 bits per heavy atom. The summed E-state index contributed by atoms with van der Waals surface area (Å²) in [5, 5.41) is 3.08. The summed E-state index contributed by atoms with van der Waals surface area (Å²) in [6.07, 6.45) is 0.849. The molecule has 1 heterocycles. The molecule has 1 rings (SSSR count). The molecule has 0 bridgehead atoms. The van der Waals surface area contributed by atoms with Gasteiger partial charge < -0.3 is 15.5 Å². The number of aryl methyl sites for hydroxylation is 1. The molecule has 0 aliphatic rings. The monoisotopic (exact) mass is 225 g/mol. The molecule has 1 aromatic rings. The van der Waals surface area contributed by atoms with E-state index in [9.17, 15) is 0 Å². The Kier molecular flexibility index (Phi) is 4.94. The standard InChI is InChI=1S/C10H19N5O/c1-4-8-7(2)9(15-11)14-10(13-8)12-5-6-16-3/h4-6,11H2,1-3H3,(H2,12,13,14,15). The minimum Gasteiger partial charge on any atom is -0.383 e. The van der Waals surface area contributed by atoms with Crippen LogP contribution in [0.1, 0.15) is 18.2 Å². The third-order valence-corrected chi connectivity index (χ3v) is 2.31. The van der Waals surface area contributed by atoms with Gasteiger partial charge in [-0.1, -0.05) is 6.92 Å². The lowest BCUT2D eigenvalue weighted by molar-refractivity contribution is 0.210. The fourth-order valence-electron chi connectivity index (χ4n) is 1.39. The predicted molar refractivity (Wildman–Crippen MR) is 64.3 cm³/mol. The van der Waals surface area contributed by atoms with E-state index in [2.05, 4.69) is 27.6 Å². The molecule has 0 aromatic carbocycles. The van der Waals surface area contributed by atoms with Gasteiger partial charge in [-0.25, -0.2) is 10.8 Å². The molecule has 90 valence electrons. The first-order valence-electron chi connectivity index (χ1n) is 5.29. The quantitative estimate of drug-likeness (QED) is 0.375. The van der Waals surface area contributed by atoms with Crippen molar-refractivity contribution in [3.63, 3.8) is 0 Å². The van der Waals surface area contributed by atoms with Gasteiger partial charge in [0.2, 0.25) is 5.95 Å². The molecule has 0 amide bonds. The Hall–Kier alpha value is -1.40. The number of rotatable bonds is 6. The fourth-order valence-corrected chi connectivity index (χ4v) is 1.39. The minimum atomic E-state index is 0.576. The van der Waals surface area contributed by atoms with Crippen molar-refractivity contribution in [1.29, 1.82) is 0 Å². The van der Waals surface area contributed by atoms with Crippen molar-refractivity contribution in [2.75, 3.05) is 31.0 Å². The van der Waals surface area contributed by atoms with E-state index in [1.165, 1.54) is 0 Å². The highest BCUT2D eigenvalue weighted by Gasteiger charge is 2.08. The SMILES string of the molecule is CCc1nc(NCCOC)nc(NN)c1C. The number of nitrogens with two attached hydrogens (primary N) is 1. The number of hydrogen-bond acceptors (Lipinski definition) is 6. The zero-order valence-corrected chi connectivity index (χ0v) is 10.0.